The molecular weight excluding hydrogens is 404 g/mol. The van der Waals surface area contributed by atoms with Crippen LogP contribution < -0.4 is 4.90 Å². The van der Waals surface area contributed by atoms with E-state index in [1.165, 1.54) is 16.9 Å². The van der Waals surface area contributed by atoms with Crippen LogP contribution in [0.15, 0.2) is 30.6 Å². The number of hydrogen-bond donors (Lipinski definition) is 0. The van der Waals surface area contributed by atoms with Crippen molar-refractivity contribution < 1.29 is 13.6 Å². The second-order valence-corrected chi connectivity index (χ2v) is 7.89. The Balaban J connectivity index is 1.58. The Morgan fingerprint density at radius 3 is 2.71 bits per heavy atom. The predicted molar refractivity (Wildman–Crippen MR) is 111 cm³/mol. The maximum Gasteiger partial charge on any atom is 0.241 e. The standard InChI is InChI=1S/C21H21F2N7O/c1-12(20-14(22)8-15-13(21(20)23)9-25-28(15)3)16-10-24-17-4-5-18(26-30(16)17)29-7-6-27(2)19(31)11-29/h4-5,8-10,12H,6-7,11H2,1-3H3/t12-/m1/s1. The summed E-state index contributed by atoms with van der Waals surface area (Å²) < 4.78 is 33.2. The van der Waals surface area contributed by atoms with Crippen molar-refractivity contribution >= 4 is 28.3 Å². The number of anilines is 1. The summed E-state index contributed by atoms with van der Waals surface area (Å²) in [6, 6.07) is 4.89. The van der Waals surface area contributed by atoms with Gasteiger partial charge in [-0.05, 0) is 12.1 Å². The van der Waals surface area contributed by atoms with Crippen LogP contribution in [0.4, 0.5) is 14.6 Å². The highest BCUT2D eigenvalue weighted by Gasteiger charge is 2.26. The average molecular weight is 425 g/mol. The van der Waals surface area contributed by atoms with Gasteiger partial charge in [0.25, 0.3) is 0 Å². The number of amides is 1. The Labute approximate surface area is 176 Å². The first kappa shape index (κ1) is 19.4. The summed E-state index contributed by atoms with van der Waals surface area (Å²) in [6.45, 7) is 3.21. The van der Waals surface area contributed by atoms with Gasteiger partial charge in [-0.2, -0.15) is 5.10 Å². The molecule has 8 nitrogen and oxygen atoms in total. The monoisotopic (exact) mass is 425 g/mol. The molecule has 1 aromatic carbocycles. The zero-order valence-corrected chi connectivity index (χ0v) is 17.4. The van der Waals surface area contributed by atoms with Crippen molar-refractivity contribution in [2.45, 2.75) is 12.8 Å². The van der Waals surface area contributed by atoms with E-state index in [1.807, 2.05) is 4.90 Å². The molecule has 1 atom stereocenters. The van der Waals surface area contributed by atoms with Crippen LogP contribution in [0.2, 0.25) is 0 Å². The fraction of sp³-hybridized carbons (Fsp3) is 0.333. The van der Waals surface area contributed by atoms with E-state index in [0.717, 1.165) is 0 Å². The number of piperazine rings is 1. The summed E-state index contributed by atoms with van der Waals surface area (Å²) >= 11 is 0. The molecule has 1 aliphatic heterocycles. The molecule has 4 aromatic rings. The number of carbonyl (C=O) groups is 1. The number of halogens is 2. The fourth-order valence-corrected chi connectivity index (χ4v) is 4.08. The molecule has 160 valence electrons. The summed E-state index contributed by atoms with van der Waals surface area (Å²) in [5.74, 6) is -1.29. The first-order valence-corrected chi connectivity index (χ1v) is 9.98. The second-order valence-electron chi connectivity index (χ2n) is 7.89. The molecule has 4 heterocycles. The van der Waals surface area contributed by atoms with Crippen molar-refractivity contribution in [3.63, 3.8) is 0 Å². The summed E-state index contributed by atoms with van der Waals surface area (Å²) in [7, 11) is 3.41. The molecule has 0 radical (unpaired) electrons. The van der Waals surface area contributed by atoms with Crippen LogP contribution in [0.1, 0.15) is 24.1 Å². The quantitative estimate of drug-likeness (QED) is 0.504. The molecule has 1 saturated heterocycles. The largest absolute Gasteiger partial charge is 0.344 e. The Morgan fingerprint density at radius 2 is 1.94 bits per heavy atom. The lowest BCUT2D eigenvalue weighted by molar-refractivity contribution is -0.129. The molecule has 5 rings (SSSR count). The number of aryl methyl sites for hydroxylation is 1. The molecule has 1 amide bonds. The molecule has 31 heavy (non-hydrogen) atoms. The van der Waals surface area contributed by atoms with E-state index < -0.39 is 17.6 Å². The summed E-state index contributed by atoms with van der Waals surface area (Å²) in [6.07, 6.45) is 2.98. The fourth-order valence-electron chi connectivity index (χ4n) is 4.08. The minimum Gasteiger partial charge on any atom is -0.344 e. The Kier molecular flexibility index (Phi) is 4.38. The first-order valence-electron chi connectivity index (χ1n) is 9.98. The van der Waals surface area contributed by atoms with Gasteiger partial charge in [-0.1, -0.05) is 6.92 Å². The van der Waals surface area contributed by atoms with Crippen LogP contribution in [0, 0.1) is 11.6 Å². The molecule has 10 heteroatoms. The zero-order chi connectivity index (χ0) is 21.9. The molecule has 1 fully saturated rings. The van der Waals surface area contributed by atoms with Crippen molar-refractivity contribution in [1.29, 1.82) is 0 Å². The number of fused-ring (bicyclic) bond motifs is 2. The van der Waals surface area contributed by atoms with E-state index in [2.05, 4.69) is 15.2 Å². The van der Waals surface area contributed by atoms with E-state index in [0.29, 0.717) is 35.8 Å². The number of imidazole rings is 1. The lowest BCUT2D eigenvalue weighted by atomic mass is 9.95. The minimum atomic E-state index is -0.642. The lowest BCUT2D eigenvalue weighted by Gasteiger charge is -2.32. The summed E-state index contributed by atoms with van der Waals surface area (Å²) in [5, 5.41) is 8.94. The van der Waals surface area contributed by atoms with Crippen molar-refractivity contribution in [1.82, 2.24) is 29.3 Å². The number of benzene rings is 1. The van der Waals surface area contributed by atoms with Gasteiger partial charge >= 0.3 is 0 Å². The molecule has 0 spiro atoms. The van der Waals surface area contributed by atoms with E-state index in [4.69, 9.17) is 0 Å². The number of likely N-dealkylation sites (N-methyl/N-ethyl adjacent to an activating group) is 1. The van der Waals surface area contributed by atoms with Crippen molar-refractivity contribution in [2.75, 3.05) is 31.6 Å². The predicted octanol–water partition coefficient (Wildman–Crippen LogP) is 2.32. The first-order chi connectivity index (χ1) is 14.8. The third-order valence-corrected chi connectivity index (χ3v) is 6.01. The van der Waals surface area contributed by atoms with Gasteiger partial charge < -0.3 is 9.80 Å². The van der Waals surface area contributed by atoms with Crippen LogP contribution in [-0.4, -0.2) is 61.9 Å². The number of hydrogen-bond acceptors (Lipinski definition) is 5. The lowest BCUT2D eigenvalue weighted by Crippen LogP contribution is -2.48. The maximum absolute atomic E-state index is 15.2. The second kappa shape index (κ2) is 7.00. The van der Waals surface area contributed by atoms with E-state index in [9.17, 15) is 9.18 Å². The molecule has 0 bridgehead atoms. The maximum atomic E-state index is 15.2. The van der Waals surface area contributed by atoms with Crippen LogP contribution in [0.5, 0.6) is 0 Å². The van der Waals surface area contributed by atoms with Gasteiger partial charge in [-0.15, -0.1) is 5.10 Å². The van der Waals surface area contributed by atoms with Gasteiger partial charge in [0.05, 0.1) is 35.5 Å². The molecule has 1 aliphatic rings. The van der Waals surface area contributed by atoms with Crippen LogP contribution in [0.3, 0.4) is 0 Å². The third kappa shape index (κ3) is 3.01. The molecule has 0 unspecified atom stereocenters. The number of aromatic nitrogens is 5. The molecule has 3 aromatic heterocycles. The van der Waals surface area contributed by atoms with E-state index >= 15 is 4.39 Å². The molecular formula is C21H21F2N7O. The summed E-state index contributed by atoms with van der Waals surface area (Å²) in [5.41, 5.74) is 1.46. The topological polar surface area (TPSA) is 71.6 Å². The van der Waals surface area contributed by atoms with Crippen LogP contribution in [-0.2, 0) is 11.8 Å². The van der Waals surface area contributed by atoms with Crippen molar-refractivity contribution in [3.05, 3.63) is 53.5 Å². The third-order valence-electron chi connectivity index (χ3n) is 6.01. The van der Waals surface area contributed by atoms with Crippen molar-refractivity contribution in [2.24, 2.45) is 7.05 Å². The highest BCUT2D eigenvalue weighted by Crippen LogP contribution is 2.33. The van der Waals surface area contributed by atoms with E-state index in [-0.39, 0.29) is 23.4 Å². The molecule has 0 saturated carbocycles. The molecule has 0 aliphatic carbocycles. The number of nitrogens with zero attached hydrogens (tertiary/aromatic N) is 7. The number of carbonyl (C=O) groups excluding carboxylic acids is 1. The zero-order valence-electron chi connectivity index (χ0n) is 17.4. The van der Waals surface area contributed by atoms with Gasteiger partial charge in [0.2, 0.25) is 5.91 Å². The molecule has 0 N–H and O–H groups in total. The highest BCUT2D eigenvalue weighted by atomic mass is 19.1. The minimum absolute atomic E-state index is 0.0151. The van der Waals surface area contributed by atoms with Crippen LogP contribution in [0.25, 0.3) is 16.6 Å². The average Bonchev–Trinajstić information content (AvgIpc) is 3.33. The highest BCUT2D eigenvalue weighted by molar-refractivity contribution is 5.82. The smallest absolute Gasteiger partial charge is 0.241 e. The van der Waals surface area contributed by atoms with Crippen LogP contribution >= 0.6 is 0 Å². The SMILES string of the molecule is C[C@@H](c1c(F)cc2c(cnn2C)c1F)c1cnc2ccc(N3CCN(C)C(=O)C3)nn12. The number of rotatable bonds is 3. The normalized spacial score (nSPS) is 16.0. The Bertz CT molecular complexity index is 1330. The Hall–Kier alpha value is -3.56. The van der Waals surface area contributed by atoms with Crippen molar-refractivity contribution in [3.8, 4) is 0 Å². The van der Waals surface area contributed by atoms with Gasteiger partial charge in [0.1, 0.15) is 17.5 Å². The van der Waals surface area contributed by atoms with Gasteiger partial charge in [-0.25, -0.2) is 18.3 Å². The van der Waals surface area contributed by atoms with Gasteiger partial charge in [-0.3, -0.25) is 9.48 Å². The summed E-state index contributed by atoms with van der Waals surface area (Å²) in [4.78, 5) is 20.0. The Morgan fingerprint density at radius 1 is 1.13 bits per heavy atom. The van der Waals surface area contributed by atoms with Gasteiger partial charge in [0.15, 0.2) is 5.65 Å². The van der Waals surface area contributed by atoms with E-state index in [1.54, 1.807) is 48.8 Å². The van der Waals surface area contributed by atoms with Gasteiger partial charge in [0, 0.05) is 44.7 Å².